The molecule has 0 amide bonds. The number of hydrogen-bond acceptors (Lipinski definition) is 2. The van der Waals surface area contributed by atoms with Gasteiger partial charge in [0.15, 0.2) is 0 Å². The molecule has 1 aromatic rings. The van der Waals surface area contributed by atoms with Gasteiger partial charge in [0.2, 0.25) is 0 Å². The van der Waals surface area contributed by atoms with Gasteiger partial charge in [-0.1, -0.05) is 12.2 Å². The first kappa shape index (κ1) is 9.59. The summed E-state index contributed by atoms with van der Waals surface area (Å²) in [6.45, 7) is 3.01. The zero-order valence-corrected chi connectivity index (χ0v) is 9.16. The van der Waals surface area contributed by atoms with Crippen molar-refractivity contribution in [1.29, 1.82) is 0 Å². The van der Waals surface area contributed by atoms with Gasteiger partial charge in [0, 0.05) is 24.0 Å². The highest BCUT2D eigenvalue weighted by molar-refractivity contribution is 7.71. The molecule has 1 aliphatic heterocycles. The van der Waals surface area contributed by atoms with E-state index in [1.807, 2.05) is 13.1 Å². The predicted molar refractivity (Wildman–Crippen MR) is 61.6 cm³/mol. The smallest absolute Gasteiger partial charge is 0.106 e. The van der Waals surface area contributed by atoms with Crippen molar-refractivity contribution in [3.05, 3.63) is 28.0 Å². The summed E-state index contributed by atoms with van der Waals surface area (Å²) in [6, 6.07) is 2.13. The Morgan fingerprint density at radius 2 is 2.29 bits per heavy atom. The van der Waals surface area contributed by atoms with E-state index < -0.39 is 0 Å². The Morgan fingerprint density at radius 3 is 2.93 bits per heavy atom. The Morgan fingerprint density at radius 1 is 1.43 bits per heavy atom. The van der Waals surface area contributed by atoms with Gasteiger partial charge in [0.25, 0.3) is 0 Å². The van der Waals surface area contributed by atoms with Crippen LogP contribution >= 0.6 is 12.2 Å². The largest absolute Gasteiger partial charge is 0.352 e. The first-order valence-electron chi connectivity index (χ1n) is 5.00. The minimum Gasteiger partial charge on any atom is -0.352 e. The van der Waals surface area contributed by atoms with E-state index in [2.05, 4.69) is 16.0 Å². The summed E-state index contributed by atoms with van der Waals surface area (Å²) in [5.41, 5.74) is 3.56. The molecule has 0 fully saturated rings. The number of rotatable bonds is 1. The van der Waals surface area contributed by atoms with Gasteiger partial charge >= 0.3 is 0 Å². The monoisotopic (exact) mass is 206 g/mol. The van der Waals surface area contributed by atoms with Gasteiger partial charge in [0.05, 0.1) is 0 Å². The van der Waals surface area contributed by atoms with Gasteiger partial charge in [-0.05, 0) is 37.8 Å². The van der Waals surface area contributed by atoms with Crippen molar-refractivity contribution in [2.45, 2.75) is 26.2 Å². The molecule has 1 N–H and O–H groups in total. The maximum Gasteiger partial charge on any atom is 0.106 e. The number of aryl methyl sites for hydroxylation is 1. The lowest BCUT2D eigenvalue weighted by atomic mass is 10.0. The minimum atomic E-state index is 0.824. The number of aromatic amines is 1. The molecule has 0 bridgehead atoms. The van der Waals surface area contributed by atoms with Crippen LogP contribution in [0, 0.1) is 11.6 Å². The summed E-state index contributed by atoms with van der Waals surface area (Å²) < 4.78 is 0.824. The molecule has 0 spiro atoms. The fourth-order valence-electron chi connectivity index (χ4n) is 1.70. The van der Waals surface area contributed by atoms with E-state index in [1.54, 1.807) is 0 Å². The molecule has 0 aliphatic carbocycles. The normalized spacial score (nSPS) is 16.5. The molecular formula is C11H14N2S. The number of nitrogens with one attached hydrogen (secondary N) is 1. The first-order chi connectivity index (χ1) is 6.77. The predicted octanol–water partition coefficient (Wildman–Crippen LogP) is 3.03. The van der Waals surface area contributed by atoms with Crippen LogP contribution in [-0.4, -0.2) is 17.2 Å². The van der Waals surface area contributed by atoms with Crippen molar-refractivity contribution in [1.82, 2.24) is 4.98 Å². The second-order valence-corrected chi connectivity index (χ2v) is 4.09. The van der Waals surface area contributed by atoms with Crippen LogP contribution in [-0.2, 0) is 0 Å². The molecule has 1 aromatic heterocycles. The summed E-state index contributed by atoms with van der Waals surface area (Å²) in [4.78, 5) is 7.63. The Hall–Kier alpha value is -0.960. The topological polar surface area (TPSA) is 28.1 Å². The second-order valence-electron chi connectivity index (χ2n) is 3.69. The molecule has 0 unspecified atom stereocenters. The maximum absolute atomic E-state index is 5.12. The van der Waals surface area contributed by atoms with Crippen molar-refractivity contribution in [3.8, 4) is 0 Å². The average Bonchev–Trinajstić information content (AvgIpc) is 2.23. The van der Waals surface area contributed by atoms with Crippen molar-refractivity contribution in [2.75, 3.05) is 6.54 Å². The van der Waals surface area contributed by atoms with E-state index in [9.17, 15) is 0 Å². The Kier molecular flexibility index (Phi) is 2.77. The lowest BCUT2D eigenvalue weighted by molar-refractivity contribution is 0.738. The first-order valence-corrected chi connectivity index (χ1v) is 5.41. The summed E-state index contributed by atoms with van der Waals surface area (Å²) in [5.74, 6) is 0. The SMILES string of the molecule is Cc1cc(C2=NCCCC2)c[nH]c1=S. The van der Waals surface area contributed by atoms with Gasteiger partial charge < -0.3 is 4.98 Å². The third kappa shape index (κ3) is 1.93. The summed E-state index contributed by atoms with van der Waals surface area (Å²) in [6.07, 6.45) is 5.56. The molecule has 2 rings (SSSR count). The van der Waals surface area contributed by atoms with E-state index in [4.69, 9.17) is 12.2 Å². The van der Waals surface area contributed by atoms with Gasteiger partial charge in [-0.2, -0.15) is 0 Å². The maximum atomic E-state index is 5.12. The molecule has 74 valence electrons. The fraction of sp³-hybridized carbons (Fsp3) is 0.455. The van der Waals surface area contributed by atoms with E-state index in [0.717, 1.165) is 23.2 Å². The average molecular weight is 206 g/mol. The van der Waals surface area contributed by atoms with Crippen molar-refractivity contribution >= 4 is 17.9 Å². The van der Waals surface area contributed by atoms with Crippen LogP contribution in [0.1, 0.15) is 30.4 Å². The molecule has 14 heavy (non-hydrogen) atoms. The number of nitrogens with zero attached hydrogens (tertiary/aromatic N) is 1. The number of H-pyrrole nitrogens is 1. The highest BCUT2D eigenvalue weighted by Gasteiger charge is 2.07. The van der Waals surface area contributed by atoms with E-state index in [1.165, 1.54) is 24.1 Å². The van der Waals surface area contributed by atoms with Crippen LogP contribution in [0.25, 0.3) is 0 Å². The van der Waals surface area contributed by atoms with E-state index in [0.29, 0.717) is 0 Å². The van der Waals surface area contributed by atoms with Gasteiger partial charge in [-0.3, -0.25) is 4.99 Å². The molecule has 3 heteroatoms. The molecule has 0 radical (unpaired) electrons. The molecule has 1 aliphatic rings. The van der Waals surface area contributed by atoms with Gasteiger partial charge in [0.1, 0.15) is 4.64 Å². The van der Waals surface area contributed by atoms with Crippen molar-refractivity contribution in [3.63, 3.8) is 0 Å². The highest BCUT2D eigenvalue weighted by atomic mass is 32.1. The number of aliphatic imine (C=N–C) groups is 1. The van der Waals surface area contributed by atoms with Crippen molar-refractivity contribution < 1.29 is 0 Å². The lowest BCUT2D eigenvalue weighted by Crippen LogP contribution is -2.08. The molecule has 2 heterocycles. The van der Waals surface area contributed by atoms with Crippen LogP contribution in [0.4, 0.5) is 0 Å². The molecule has 0 saturated carbocycles. The number of aromatic nitrogens is 1. The van der Waals surface area contributed by atoms with E-state index in [-0.39, 0.29) is 0 Å². The Labute approximate surface area is 89.1 Å². The minimum absolute atomic E-state index is 0.824. The third-order valence-electron chi connectivity index (χ3n) is 2.55. The fourth-order valence-corrected chi connectivity index (χ4v) is 1.82. The highest BCUT2D eigenvalue weighted by Crippen LogP contribution is 2.14. The van der Waals surface area contributed by atoms with Gasteiger partial charge in [-0.25, -0.2) is 0 Å². The molecule has 0 aromatic carbocycles. The van der Waals surface area contributed by atoms with Crippen LogP contribution in [0.2, 0.25) is 0 Å². The summed E-state index contributed by atoms with van der Waals surface area (Å²) in [5, 5.41) is 0. The Bertz CT molecular complexity index is 418. The Balaban J connectivity index is 2.36. The zero-order chi connectivity index (χ0) is 9.97. The summed E-state index contributed by atoms with van der Waals surface area (Å²) in [7, 11) is 0. The molecule has 2 nitrogen and oxygen atoms in total. The number of pyridine rings is 1. The van der Waals surface area contributed by atoms with Crippen LogP contribution in [0.15, 0.2) is 17.3 Å². The van der Waals surface area contributed by atoms with Crippen LogP contribution in [0.3, 0.4) is 0 Å². The van der Waals surface area contributed by atoms with Gasteiger partial charge in [-0.15, -0.1) is 0 Å². The lowest BCUT2D eigenvalue weighted by Gasteiger charge is -2.12. The summed E-state index contributed by atoms with van der Waals surface area (Å²) >= 11 is 5.12. The molecular weight excluding hydrogens is 192 g/mol. The standard InChI is InChI=1S/C11H14N2S/c1-8-6-9(7-13-11(8)14)10-4-2-3-5-12-10/h6-7H,2-5H2,1H3,(H,13,14). The van der Waals surface area contributed by atoms with Crippen LogP contribution < -0.4 is 0 Å². The second kappa shape index (κ2) is 4.05. The zero-order valence-electron chi connectivity index (χ0n) is 8.34. The van der Waals surface area contributed by atoms with Crippen molar-refractivity contribution in [2.24, 2.45) is 4.99 Å². The molecule has 0 atom stereocenters. The van der Waals surface area contributed by atoms with E-state index >= 15 is 0 Å². The van der Waals surface area contributed by atoms with Crippen LogP contribution in [0.5, 0.6) is 0 Å². The third-order valence-corrected chi connectivity index (χ3v) is 2.99. The quantitative estimate of drug-likeness (QED) is 0.703. The molecule has 0 saturated heterocycles. The number of hydrogen-bond donors (Lipinski definition) is 1.